The lowest BCUT2D eigenvalue weighted by Crippen LogP contribution is -2.49. The molecule has 0 aliphatic heterocycles. The van der Waals surface area contributed by atoms with Crippen LogP contribution in [0.25, 0.3) is 0 Å². The molecule has 0 spiro atoms. The lowest BCUT2D eigenvalue weighted by atomic mass is 9.94. The molecule has 0 saturated carbocycles. The number of aryl methyl sites for hydroxylation is 1. The van der Waals surface area contributed by atoms with Crippen LogP contribution in [-0.2, 0) is 0 Å². The fourth-order valence-electron chi connectivity index (χ4n) is 1.59. The Kier molecular flexibility index (Phi) is 7.93. The highest BCUT2D eigenvalue weighted by Gasteiger charge is 2.21. The van der Waals surface area contributed by atoms with Crippen molar-refractivity contribution in [2.75, 3.05) is 6.54 Å². The summed E-state index contributed by atoms with van der Waals surface area (Å²) in [4.78, 5) is 12.0. The monoisotopic (exact) mass is 396 g/mol. The number of carbonyl (C=O) groups excluding carboxylic acids is 1. The lowest BCUT2D eigenvalue weighted by Gasteiger charge is -2.26. The Morgan fingerprint density at radius 3 is 2.42 bits per heavy atom. The number of halogens is 2. The van der Waals surface area contributed by atoms with Crippen molar-refractivity contribution in [2.45, 2.75) is 39.2 Å². The molecule has 5 heteroatoms. The molecule has 0 aliphatic rings. The van der Waals surface area contributed by atoms with E-state index in [2.05, 4.69) is 27.9 Å². The largest absolute Gasteiger partial charge is 0.350 e. The van der Waals surface area contributed by atoms with Crippen LogP contribution in [-0.4, -0.2) is 18.0 Å². The molecule has 0 radical (unpaired) electrons. The summed E-state index contributed by atoms with van der Waals surface area (Å²) in [6.45, 7) is 6.64. The zero-order chi connectivity index (χ0) is 13.8. The van der Waals surface area contributed by atoms with Crippen molar-refractivity contribution in [3.63, 3.8) is 0 Å². The first-order chi connectivity index (χ1) is 8.41. The summed E-state index contributed by atoms with van der Waals surface area (Å²) in [7, 11) is 0. The van der Waals surface area contributed by atoms with Crippen molar-refractivity contribution in [1.29, 1.82) is 0 Å². The highest BCUT2D eigenvalue weighted by molar-refractivity contribution is 14.1. The van der Waals surface area contributed by atoms with Gasteiger partial charge in [-0.2, -0.15) is 0 Å². The number of nitrogens with one attached hydrogen (secondary N) is 1. The zero-order valence-electron chi connectivity index (χ0n) is 11.6. The highest BCUT2D eigenvalue weighted by Crippen LogP contribution is 2.14. The van der Waals surface area contributed by atoms with Crippen molar-refractivity contribution in [1.82, 2.24) is 5.32 Å². The lowest BCUT2D eigenvalue weighted by molar-refractivity contribution is 0.0942. The van der Waals surface area contributed by atoms with Crippen LogP contribution >= 0.6 is 35.0 Å². The molecule has 0 saturated heterocycles. The molecule has 19 heavy (non-hydrogen) atoms. The van der Waals surface area contributed by atoms with E-state index in [9.17, 15) is 4.79 Å². The van der Waals surface area contributed by atoms with Crippen molar-refractivity contribution >= 4 is 40.9 Å². The number of carbonyl (C=O) groups is 1. The maximum atomic E-state index is 12.0. The summed E-state index contributed by atoms with van der Waals surface area (Å²) < 4.78 is 1.10. The molecule has 3 N–H and O–H groups in total. The van der Waals surface area contributed by atoms with Gasteiger partial charge in [0.15, 0.2) is 0 Å². The second-order valence-electron chi connectivity index (χ2n) is 4.72. The topological polar surface area (TPSA) is 55.1 Å². The standard InChI is InChI=1S/C14H21IN2O.ClH/c1-4-14(16,5-2)9-17-13(18)11-7-6-10(3)12(15)8-11;/h6-8H,4-5,9,16H2,1-3H3,(H,17,18);1H. The molecule has 1 aromatic carbocycles. The SMILES string of the molecule is CCC(N)(CC)CNC(=O)c1ccc(C)c(I)c1.Cl. The van der Waals surface area contributed by atoms with E-state index in [-0.39, 0.29) is 23.9 Å². The van der Waals surface area contributed by atoms with Gasteiger partial charge in [0, 0.05) is 21.2 Å². The van der Waals surface area contributed by atoms with Crippen LogP contribution in [0.5, 0.6) is 0 Å². The van der Waals surface area contributed by atoms with E-state index < -0.39 is 0 Å². The Bertz CT molecular complexity index is 433. The molecule has 0 aliphatic carbocycles. The van der Waals surface area contributed by atoms with Gasteiger partial charge in [0.05, 0.1) is 0 Å². The fourth-order valence-corrected chi connectivity index (χ4v) is 2.11. The highest BCUT2D eigenvalue weighted by atomic mass is 127. The molecule has 1 rings (SSSR count). The van der Waals surface area contributed by atoms with Gasteiger partial charge in [-0.05, 0) is 60.1 Å². The van der Waals surface area contributed by atoms with Gasteiger partial charge in [-0.25, -0.2) is 0 Å². The van der Waals surface area contributed by atoms with Crippen LogP contribution in [0, 0.1) is 10.5 Å². The molecule has 1 aromatic rings. The minimum Gasteiger partial charge on any atom is -0.350 e. The van der Waals surface area contributed by atoms with Crippen LogP contribution in [0.3, 0.4) is 0 Å². The van der Waals surface area contributed by atoms with Crippen molar-refractivity contribution < 1.29 is 4.79 Å². The number of hydrogen-bond donors (Lipinski definition) is 2. The first kappa shape index (κ1) is 18.7. The molecular formula is C14H22ClIN2O. The van der Waals surface area contributed by atoms with E-state index in [4.69, 9.17) is 5.73 Å². The third-order valence-electron chi connectivity index (χ3n) is 3.44. The van der Waals surface area contributed by atoms with Gasteiger partial charge in [-0.1, -0.05) is 19.9 Å². The van der Waals surface area contributed by atoms with E-state index in [1.807, 2.05) is 39.0 Å². The van der Waals surface area contributed by atoms with E-state index in [0.717, 1.165) is 16.4 Å². The molecule has 1 amide bonds. The average molecular weight is 397 g/mol. The Morgan fingerprint density at radius 2 is 1.95 bits per heavy atom. The molecule has 0 heterocycles. The first-order valence-electron chi connectivity index (χ1n) is 6.25. The molecule has 3 nitrogen and oxygen atoms in total. The van der Waals surface area contributed by atoms with Gasteiger partial charge >= 0.3 is 0 Å². The summed E-state index contributed by atoms with van der Waals surface area (Å²) in [5.74, 6) is -0.0513. The predicted molar refractivity (Wildman–Crippen MR) is 91.0 cm³/mol. The van der Waals surface area contributed by atoms with E-state index >= 15 is 0 Å². The Hall–Kier alpha value is -0.330. The number of rotatable bonds is 5. The second kappa shape index (κ2) is 8.07. The predicted octanol–water partition coefficient (Wildman–Crippen LogP) is 3.27. The van der Waals surface area contributed by atoms with Gasteiger partial charge in [-0.3, -0.25) is 4.79 Å². The molecule has 108 valence electrons. The third kappa shape index (κ3) is 5.28. The van der Waals surface area contributed by atoms with Crippen molar-refractivity contribution in [3.05, 3.63) is 32.9 Å². The summed E-state index contributed by atoms with van der Waals surface area (Å²) >= 11 is 2.24. The Morgan fingerprint density at radius 1 is 1.37 bits per heavy atom. The summed E-state index contributed by atoms with van der Waals surface area (Å²) in [6, 6.07) is 5.72. The minimum atomic E-state index is -0.298. The van der Waals surface area contributed by atoms with Gasteiger partial charge in [0.1, 0.15) is 0 Å². The normalized spacial score (nSPS) is 10.8. The summed E-state index contributed by atoms with van der Waals surface area (Å²) in [5, 5.41) is 2.92. The van der Waals surface area contributed by atoms with Gasteiger partial charge < -0.3 is 11.1 Å². The third-order valence-corrected chi connectivity index (χ3v) is 4.61. The zero-order valence-corrected chi connectivity index (χ0v) is 14.6. The summed E-state index contributed by atoms with van der Waals surface area (Å²) in [6.07, 6.45) is 1.71. The number of hydrogen-bond acceptors (Lipinski definition) is 2. The second-order valence-corrected chi connectivity index (χ2v) is 5.88. The minimum absolute atomic E-state index is 0. The summed E-state index contributed by atoms with van der Waals surface area (Å²) in [5.41, 5.74) is 7.74. The van der Waals surface area contributed by atoms with Gasteiger partial charge in [0.2, 0.25) is 0 Å². The van der Waals surface area contributed by atoms with E-state index in [1.54, 1.807) is 0 Å². The van der Waals surface area contributed by atoms with Crippen LogP contribution in [0.1, 0.15) is 42.6 Å². The molecule has 0 atom stereocenters. The van der Waals surface area contributed by atoms with Crippen molar-refractivity contribution in [3.8, 4) is 0 Å². The van der Waals surface area contributed by atoms with Gasteiger partial charge in [-0.15, -0.1) is 12.4 Å². The molecule has 0 fully saturated rings. The van der Waals surface area contributed by atoms with Crippen LogP contribution < -0.4 is 11.1 Å². The fraction of sp³-hybridized carbons (Fsp3) is 0.500. The van der Waals surface area contributed by atoms with Crippen LogP contribution in [0.15, 0.2) is 18.2 Å². The quantitative estimate of drug-likeness (QED) is 0.751. The number of amides is 1. The Labute approximate surface area is 135 Å². The van der Waals surface area contributed by atoms with Gasteiger partial charge in [0.25, 0.3) is 5.91 Å². The molecular weight excluding hydrogens is 375 g/mol. The van der Waals surface area contributed by atoms with E-state index in [1.165, 1.54) is 5.56 Å². The Balaban J connectivity index is 0.00000324. The van der Waals surface area contributed by atoms with Crippen LogP contribution in [0.4, 0.5) is 0 Å². The first-order valence-corrected chi connectivity index (χ1v) is 7.33. The molecule has 0 aromatic heterocycles. The smallest absolute Gasteiger partial charge is 0.251 e. The maximum absolute atomic E-state index is 12.0. The van der Waals surface area contributed by atoms with Crippen LogP contribution in [0.2, 0.25) is 0 Å². The molecule has 0 unspecified atom stereocenters. The number of nitrogens with two attached hydrogens (primary N) is 1. The maximum Gasteiger partial charge on any atom is 0.251 e. The molecule has 0 bridgehead atoms. The average Bonchev–Trinajstić information content (AvgIpc) is 2.38. The van der Waals surface area contributed by atoms with Crippen molar-refractivity contribution in [2.24, 2.45) is 5.73 Å². The van der Waals surface area contributed by atoms with E-state index in [0.29, 0.717) is 12.1 Å². The number of benzene rings is 1.